The van der Waals surface area contributed by atoms with Crippen molar-refractivity contribution < 1.29 is 14.1 Å². The van der Waals surface area contributed by atoms with Crippen LogP contribution in [0.25, 0.3) is 0 Å². The van der Waals surface area contributed by atoms with Crippen LogP contribution in [0, 0.1) is 0 Å². The van der Waals surface area contributed by atoms with E-state index < -0.39 is 0 Å². The molecule has 0 spiro atoms. The summed E-state index contributed by atoms with van der Waals surface area (Å²) >= 11 is 0. The molecule has 1 heterocycles. The third kappa shape index (κ3) is 6.00. The summed E-state index contributed by atoms with van der Waals surface area (Å²) in [4.78, 5) is 29.4. The monoisotopic (exact) mass is 345 g/mol. The molecule has 2 N–H and O–H groups in total. The molecule has 0 aliphatic carbocycles. The Morgan fingerprint density at radius 3 is 2.28 bits per heavy atom. The van der Waals surface area contributed by atoms with E-state index in [1.807, 2.05) is 18.7 Å². The van der Waals surface area contributed by atoms with Gasteiger partial charge in [0.05, 0.1) is 13.1 Å². The number of anilines is 2. The Kier molecular flexibility index (Phi) is 6.64. The number of hydrogen-bond donors (Lipinski definition) is 2. The maximum atomic E-state index is 12.2. The van der Waals surface area contributed by atoms with Crippen molar-refractivity contribution in [3.63, 3.8) is 0 Å². The Bertz CT molecular complexity index is 711. The Hall–Kier alpha value is -2.74. The molecular weight excluding hydrogens is 322 g/mol. The number of nitrogens with zero attached hydrogens (tertiary/aromatic N) is 3. The van der Waals surface area contributed by atoms with Crippen molar-refractivity contribution in [2.24, 2.45) is 0 Å². The van der Waals surface area contributed by atoms with E-state index in [4.69, 9.17) is 4.52 Å². The summed E-state index contributed by atoms with van der Waals surface area (Å²) in [6.07, 6.45) is 0.713. The first kappa shape index (κ1) is 18.6. The number of benzene rings is 1. The van der Waals surface area contributed by atoms with E-state index in [1.54, 1.807) is 24.3 Å². The van der Waals surface area contributed by atoms with Gasteiger partial charge < -0.3 is 15.2 Å². The standard InChI is InChI=1S/C17H23N5O3/c1-4-15-20-17(25-21-15)11-22(5-2)10-16(24)19-14-8-6-13(7-9-14)18-12(3)23/h6-9H,4-5,10-11H2,1-3H3,(H,18,23)(H,19,24). The number of likely N-dealkylation sites (N-methyl/N-ethyl adjacent to an activating group) is 1. The molecular formula is C17H23N5O3. The van der Waals surface area contributed by atoms with Gasteiger partial charge in [-0.1, -0.05) is 19.0 Å². The Morgan fingerprint density at radius 2 is 1.76 bits per heavy atom. The lowest BCUT2D eigenvalue weighted by Gasteiger charge is -2.17. The van der Waals surface area contributed by atoms with E-state index in [0.29, 0.717) is 42.6 Å². The van der Waals surface area contributed by atoms with Crippen LogP contribution in [0.5, 0.6) is 0 Å². The van der Waals surface area contributed by atoms with Crippen molar-refractivity contribution in [3.8, 4) is 0 Å². The number of carbonyl (C=O) groups excluding carboxylic acids is 2. The topological polar surface area (TPSA) is 100 Å². The lowest BCUT2D eigenvalue weighted by atomic mass is 10.2. The molecule has 0 aliphatic rings. The highest BCUT2D eigenvalue weighted by atomic mass is 16.5. The molecule has 2 amide bonds. The van der Waals surface area contributed by atoms with Crippen LogP contribution in [0.15, 0.2) is 28.8 Å². The molecule has 0 saturated carbocycles. The average Bonchev–Trinajstić information content (AvgIpc) is 3.03. The second kappa shape index (κ2) is 8.93. The molecule has 2 aromatic rings. The molecule has 0 saturated heterocycles. The molecule has 0 unspecified atom stereocenters. The largest absolute Gasteiger partial charge is 0.338 e. The predicted molar refractivity (Wildman–Crippen MR) is 94.0 cm³/mol. The van der Waals surface area contributed by atoms with Gasteiger partial charge in [-0.25, -0.2) is 0 Å². The number of carbonyl (C=O) groups is 2. The molecule has 0 bridgehead atoms. The van der Waals surface area contributed by atoms with Crippen molar-refractivity contribution in [1.82, 2.24) is 15.0 Å². The molecule has 8 nitrogen and oxygen atoms in total. The van der Waals surface area contributed by atoms with Gasteiger partial charge >= 0.3 is 0 Å². The summed E-state index contributed by atoms with van der Waals surface area (Å²) in [5.41, 5.74) is 1.35. The lowest BCUT2D eigenvalue weighted by molar-refractivity contribution is -0.117. The van der Waals surface area contributed by atoms with E-state index >= 15 is 0 Å². The minimum Gasteiger partial charge on any atom is -0.338 e. The molecule has 2 rings (SSSR count). The maximum absolute atomic E-state index is 12.2. The SMILES string of the molecule is CCc1noc(CN(CC)CC(=O)Nc2ccc(NC(C)=O)cc2)n1. The number of aryl methyl sites for hydroxylation is 1. The van der Waals surface area contributed by atoms with Gasteiger partial charge in [-0.05, 0) is 30.8 Å². The van der Waals surface area contributed by atoms with Gasteiger partial charge in [0.1, 0.15) is 0 Å². The summed E-state index contributed by atoms with van der Waals surface area (Å²) < 4.78 is 5.16. The lowest BCUT2D eigenvalue weighted by Crippen LogP contribution is -2.32. The van der Waals surface area contributed by atoms with Crippen LogP contribution in [0.3, 0.4) is 0 Å². The molecule has 25 heavy (non-hydrogen) atoms. The molecule has 0 atom stereocenters. The highest BCUT2D eigenvalue weighted by Crippen LogP contribution is 2.13. The Morgan fingerprint density at radius 1 is 1.12 bits per heavy atom. The van der Waals surface area contributed by atoms with Crippen LogP contribution in [-0.2, 0) is 22.6 Å². The molecule has 0 radical (unpaired) electrons. The van der Waals surface area contributed by atoms with Crippen molar-refractivity contribution in [2.45, 2.75) is 33.7 Å². The van der Waals surface area contributed by atoms with Crippen LogP contribution in [0.4, 0.5) is 11.4 Å². The molecule has 0 aliphatic heterocycles. The number of amides is 2. The Labute approximate surface area is 146 Å². The third-order valence-electron chi connectivity index (χ3n) is 3.49. The summed E-state index contributed by atoms with van der Waals surface area (Å²) in [5.74, 6) is 0.896. The molecule has 1 aromatic heterocycles. The minimum atomic E-state index is -0.136. The van der Waals surface area contributed by atoms with E-state index in [2.05, 4.69) is 20.8 Å². The maximum Gasteiger partial charge on any atom is 0.240 e. The second-order valence-corrected chi connectivity index (χ2v) is 5.57. The molecule has 0 fully saturated rings. The van der Waals surface area contributed by atoms with Gasteiger partial charge in [0.15, 0.2) is 5.82 Å². The van der Waals surface area contributed by atoms with Gasteiger partial charge in [0.25, 0.3) is 0 Å². The van der Waals surface area contributed by atoms with Gasteiger partial charge in [0.2, 0.25) is 17.7 Å². The zero-order valence-electron chi connectivity index (χ0n) is 14.7. The summed E-state index contributed by atoms with van der Waals surface area (Å²) in [6.45, 7) is 6.69. The Balaban J connectivity index is 1.87. The van der Waals surface area contributed by atoms with Crippen LogP contribution in [0.1, 0.15) is 32.5 Å². The number of nitrogens with one attached hydrogen (secondary N) is 2. The summed E-state index contributed by atoms with van der Waals surface area (Å²) in [6, 6.07) is 6.95. The van der Waals surface area contributed by atoms with Crippen molar-refractivity contribution in [2.75, 3.05) is 23.7 Å². The fraction of sp³-hybridized carbons (Fsp3) is 0.412. The second-order valence-electron chi connectivity index (χ2n) is 5.57. The van der Waals surface area contributed by atoms with Crippen LogP contribution >= 0.6 is 0 Å². The average molecular weight is 345 g/mol. The smallest absolute Gasteiger partial charge is 0.240 e. The number of rotatable bonds is 8. The normalized spacial score (nSPS) is 10.7. The van der Waals surface area contributed by atoms with Crippen molar-refractivity contribution in [1.29, 1.82) is 0 Å². The van der Waals surface area contributed by atoms with E-state index in [-0.39, 0.29) is 18.4 Å². The fourth-order valence-electron chi connectivity index (χ4n) is 2.21. The first-order valence-corrected chi connectivity index (χ1v) is 8.21. The highest BCUT2D eigenvalue weighted by Gasteiger charge is 2.14. The molecule has 1 aromatic carbocycles. The first-order valence-electron chi connectivity index (χ1n) is 8.21. The highest BCUT2D eigenvalue weighted by molar-refractivity contribution is 5.93. The number of hydrogen-bond acceptors (Lipinski definition) is 6. The van der Waals surface area contributed by atoms with E-state index in [1.165, 1.54) is 6.92 Å². The predicted octanol–water partition coefficient (Wildman–Crippen LogP) is 2.05. The van der Waals surface area contributed by atoms with Gasteiger partial charge in [-0.2, -0.15) is 4.98 Å². The number of aromatic nitrogens is 2. The third-order valence-corrected chi connectivity index (χ3v) is 3.49. The van der Waals surface area contributed by atoms with E-state index in [9.17, 15) is 9.59 Å². The fourth-order valence-corrected chi connectivity index (χ4v) is 2.21. The zero-order valence-corrected chi connectivity index (χ0v) is 14.7. The zero-order chi connectivity index (χ0) is 18.2. The summed E-state index contributed by atoms with van der Waals surface area (Å²) in [5, 5.41) is 9.36. The molecule has 134 valence electrons. The van der Waals surface area contributed by atoms with Crippen LogP contribution in [0.2, 0.25) is 0 Å². The van der Waals surface area contributed by atoms with Gasteiger partial charge in [-0.15, -0.1) is 0 Å². The van der Waals surface area contributed by atoms with Gasteiger partial charge in [-0.3, -0.25) is 14.5 Å². The van der Waals surface area contributed by atoms with E-state index in [0.717, 1.165) is 0 Å². The minimum absolute atomic E-state index is 0.135. The quantitative estimate of drug-likeness (QED) is 0.759. The van der Waals surface area contributed by atoms with Crippen molar-refractivity contribution >= 4 is 23.2 Å². The molecule has 8 heteroatoms. The first-order chi connectivity index (χ1) is 12.0. The summed E-state index contributed by atoms with van der Waals surface area (Å²) in [7, 11) is 0. The van der Waals surface area contributed by atoms with Crippen molar-refractivity contribution in [3.05, 3.63) is 36.0 Å². The van der Waals surface area contributed by atoms with Crippen LogP contribution in [-0.4, -0.2) is 39.9 Å². The van der Waals surface area contributed by atoms with Crippen LogP contribution < -0.4 is 10.6 Å². The van der Waals surface area contributed by atoms with Gasteiger partial charge in [0, 0.05) is 24.7 Å².